The van der Waals surface area contributed by atoms with Gasteiger partial charge in [-0.1, -0.05) is 29.8 Å². The van der Waals surface area contributed by atoms with Gasteiger partial charge in [-0.25, -0.2) is 4.79 Å². The van der Waals surface area contributed by atoms with Crippen LogP contribution >= 0.6 is 0 Å². The molecule has 2 aromatic rings. The fourth-order valence-corrected chi connectivity index (χ4v) is 2.42. The van der Waals surface area contributed by atoms with Gasteiger partial charge in [0.25, 0.3) is 0 Å². The van der Waals surface area contributed by atoms with Crippen LogP contribution in [-0.4, -0.2) is 34.9 Å². The standard InChI is InChI=1S/C18H24N4O3/c1-5-25-16(23)10-19-18(24)20-17-13(3)21-22(14(17)4)11-15-8-6-12(2)7-9-15/h6-9H,5,10-11H2,1-4H3,(H2,19,20,24). The molecule has 0 unspecified atom stereocenters. The minimum atomic E-state index is -0.471. The van der Waals surface area contributed by atoms with E-state index in [0.717, 1.165) is 17.0 Å². The van der Waals surface area contributed by atoms with Crippen LogP contribution in [0.3, 0.4) is 0 Å². The van der Waals surface area contributed by atoms with Gasteiger partial charge >= 0.3 is 12.0 Å². The Morgan fingerprint density at radius 1 is 1.16 bits per heavy atom. The molecule has 0 saturated heterocycles. The lowest BCUT2D eigenvalue weighted by atomic mass is 10.1. The van der Waals surface area contributed by atoms with Gasteiger partial charge in [-0.15, -0.1) is 0 Å². The average molecular weight is 344 g/mol. The minimum absolute atomic E-state index is 0.171. The largest absolute Gasteiger partial charge is 0.465 e. The third kappa shape index (κ3) is 5.07. The first-order chi connectivity index (χ1) is 11.9. The molecule has 1 aromatic heterocycles. The van der Waals surface area contributed by atoms with Crippen molar-refractivity contribution in [2.75, 3.05) is 18.5 Å². The Morgan fingerprint density at radius 3 is 2.48 bits per heavy atom. The van der Waals surface area contributed by atoms with E-state index in [1.54, 1.807) is 6.92 Å². The van der Waals surface area contributed by atoms with Crippen molar-refractivity contribution < 1.29 is 14.3 Å². The molecule has 0 aliphatic heterocycles. The molecule has 0 spiro atoms. The highest BCUT2D eigenvalue weighted by Gasteiger charge is 2.15. The number of hydrogen-bond acceptors (Lipinski definition) is 4. The lowest BCUT2D eigenvalue weighted by Gasteiger charge is -2.09. The predicted molar refractivity (Wildman–Crippen MR) is 95.6 cm³/mol. The van der Waals surface area contributed by atoms with Gasteiger partial charge < -0.3 is 15.4 Å². The maximum Gasteiger partial charge on any atom is 0.325 e. The number of ether oxygens (including phenoxy) is 1. The minimum Gasteiger partial charge on any atom is -0.465 e. The second kappa shape index (κ2) is 8.32. The molecule has 0 saturated carbocycles. The number of nitrogens with one attached hydrogen (secondary N) is 2. The van der Waals surface area contributed by atoms with Crippen molar-refractivity contribution in [2.45, 2.75) is 34.2 Å². The number of rotatable bonds is 6. The van der Waals surface area contributed by atoms with Crippen molar-refractivity contribution in [1.29, 1.82) is 0 Å². The summed E-state index contributed by atoms with van der Waals surface area (Å²) < 4.78 is 6.62. The third-order valence-electron chi connectivity index (χ3n) is 3.77. The summed E-state index contributed by atoms with van der Waals surface area (Å²) in [5, 5.41) is 9.71. The summed E-state index contributed by atoms with van der Waals surface area (Å²) in [4.78, 5) is 23.2. The molecule has 2 amide bonds. The van der Waals surface area contributed by atoms with Crippen molar-refractivity contribution in [3.8, 4) is 0 Å². The van der Waals surface area contributed by atoms with Crippen LogP contribution in [0.25, 0.3) is 0 Å². The number of carbonyl (C=O) groups is 2. The molecule has 7 nitrogen and oxygen atoms in total. The SMILES string of the molecule is CCOC(=O)CNC(=O)Nc1c(C)nn(Cc2ccc(C)cc2)c1C. The zero-order valence-corrected chi connectivity index (χ0v) is 15.0. The van der Waals surface area contributed by atoms with E-state index in [-0.39, 0.29) is 13.2 Å². The highest BCUT2D eigenvalue weighted by atomic mass is 16.5. The smallest absolute Gasteiger partial charge is 0.325 e. The van der Waals surface area contributed by atoms with Crippen LogP contribution in [0, 0.1) is 20.8 Å². The molecule has 2 rings (SSSR count). The summed E-state index contributed by atoms with van der Waals surface area (Å²) in [6.45, 7) is 8.23. The van der Waals surface area contributed by atoms with Crippen molar-refractivity contribution in [1.82, 2.24) is 15.1 Å². The zero-order valence-electron chi connectivity index (χ0n) is 15.0. The van der Waals surface area contributed by atoms with Crippen molar-refractivity contribution >= 4 is 17.7 Å². The van der Waals surface area contributed by atoms with E-state index < -0.39 is 12.0 Å². The van der Waals surface area contributed by atoms with Crippen molar-refractivity contribution in [3.63, 3.8) is 0 Å². The van der Waals surface area contributed by atoms with Gasteiger partial charge in [0.1, 0.15) is 6.54 Å². The number of aromatic nitrogens is 2. The van der Waals surface area contributed by atoms with E-state index in [1.165, 1.54) is 5.56 Å². The maximum absolute atomic E-state index is 12.0. The highest BCUT2D eigenvalue weighted by molar-refractivity contribution is 5.92. The summed E-state index contributed by atoms with van der Waals surface area (Å²) in [7, 11) is 0. The van der Waals surface area contributed by atoms with Crippen LogP contribution in [0.15, 0.2) is 24.3 Å². The Hall–Kier alpha value is -2.83. The molecule has 0 aliphatic carbocycles. The van der Waals surface area contributed by atoms with Crippen LogP contribution in [0.5, 0.6) is 0 Å². The van der Waals surface area contributed by atoms with E-state index in [1.807, 2.05) is 25.5 Å². The van der Waals surface area contributed by atoms with Crippen molar-refractivity contribution in [3.05, 3.63) is 46.8 Å². The van der Waals surface area contributed by atoms with Crippen LogP contribution in [0.2, 0.25) is 0 Å². The number of hydrogen-bond donors (Lipinski definition) is 2. The zero-order chi connectivity index (χ0) is 18.4. The number of esters is 1. The Balaban J connectivity index is 2.02. The summed E-state index contributed by atoms with van der Waals surface area (Å²) >= 11 is 0. The van der Waals surface area contributed by atoms with Crippen LogP contribution in [0.1, 0.15) is 29.4 Å². The summed E-state index contributed by atoms with van der Waals surface area (Å²) in [5.74, 6) is -0.471. The first-order valence-corrected chi connectivity index (χ1v) is 8.20. The fourth-order valence-electron chi connectivity index (χ4n) is 2.42. The molecular formula is C18H24N4O3. The van der Waals surface area contributed by atoms with E-state index >= 15 is 0 Å². The molecule has 134 valence electrons. The van der Waals surface area contributed by atoms with Crippen molar-refractivity contribution in [2.24, 2.45) is 0 Å². The van der Waals surface area contributed by atoms with Crippen LogP contribution in [0.4, 0.5) is 10.5 Å². The van der Waals surface area contributed by atoms with Crippen LogP contribution in [-0.2, 0) is 16.1 Å². The first-order valence-electron chi connectivity index (χ1n) is 8.20. The van der Waals surface area contributed by atoms with E-state index in [4.69, 9.17) is 4.74 Å². The second-order valence-electron chi connectivity index (χ2n) is 5.80. The third-order valence-corrected chi connectivity index (χ3v) is 3.77. The monoisotopic (exact) mass is 344 g/mol. The Kier molecular flexibility index (Phi) is 6.16. The quantitative estimate of drug-likeness (QED) is 0.789. The Morgan fingerprint density at radius 2 is 1.84 bits per heavy atom. The molecule has 0 aliphatic rings. The molecule has 0 radical (unpaired) electrons. The van der Waals surface area contributed by atoms with E-state index in [2.05, 4.69) is 40.0 Å². The molecule has 2 N–H and O–H groups in total. The van der Waals surface area contributed by atoms with Gasteiger partial charge in [-0.05, 0) is 33.3 Å². The molecule has 1 aromatic carbocycles. The molecule has 0 atom stereocenters. The van der Waals surface area contributed by atoms with Crippen LogP contribution < -0.4 is 10.6 Å². The number of urea groups is 1. The number of aryl methyl sites for hydroxylation is 2. The Bertz CT molecular complexity index is 750. The number of carbonyl (C=O) groups excluding carboxylic acids is 2. The number of benzene rings is 1. The summed E-state index contributed by atoms with van der Waals surface area (Å²) in [6.07, 6.45) is 0. The average Bonchev–Trinajstić information content (AvgIpc) is 2.83. The molecule has 25 heavy (non-hydrogen) atoms. The van der Waals surface area contributed by atoms with Gasteiger partial charge in [0.2, 0.25) is 0 Å². The fraction of sp³-hybridized carbons (Fsp3) is 0.389. The topological polar surface area (TPSA) is 85.2 Å². The number of amides is 2. The lowest BCUT2D eigenvalue weighted by molar-refractivity contribution is -0.141. The second-order valence-corrected chi connectivity index (χ2v) is 5.80. The van der Waals surface area contributed by atoms with Gasteiger partial charge in [0, 0.05) is 0 Å². The van der Waals surface area contributed by atoms with Gasteiger partial charge in [0.15, 0.2) is 0 Å². The normalized spacial score (nSPS) is 10.4. The van der Waals surface area contributed by atoms with Gasteiger partial charge in [-0.2, -0.15) is 5.10 Å². The number of nitrogens with zero attached hydrogens (tertiary/aromatic N) is 2. The predicted octanol–water partition coefficient (Wildman–Crippen LogP) is 2.54. The van der Waals surface area contributed by atoms with Gasteiger partial charge in [-0.3, -0.25) is 9.48 Å². The van der Waals surface area contributed by atoms with E-state index in [0.29, 0.717) is 12.2 Å². The van der Waals surface area contributed by atoms with Gasteiger partial charge in [0.05, 0.1) is 30.2 Å². The van der Waals surface area contributed by atoms with E-state index in [9.17, 15) is 9.59 Å². The number of anilines is 1. The molecule has 7 heteroatoms. The molecule has 0 fully saturated rings. The Labute approximate surface area is 147 Å². The maximum atomic E-state index is 12.0. The summed E-state index contributed by atoms with van der Waals surface area (Å²) in [6, 6.07) is 7.77. The summed E-state index contributed by atoms with van der Waals surface area (Å²) in [5.41, 5.74) is 4.56. The lowest BCUT2D eigenvalue weighted by Crippen LogP contribution is -2.34. The highest BCUT2D eigenvalue weighted by Crippen LogP contribution is 2.20. The molecular weight excluding hydrogens is 320 g/mol. The molecule has 0 bridgehead atoms. The first kappa shape index (κ1) is 18.5. The molecule has 1 heterocycles.